The largest absolute Gasteiger partial charge is 0.519 e. The first kappa shape index (κ1) is 11.7. The van der Waals surface area contributed by atoms with Gasteiger partial charge < -0.3 is 8.83 Å². The van der Waals surface area contributed by atoms with Crippen molar-refractivity contribution in [3.05, 3.63) is 57.5 Å². The molecule has 1 N–H and O–H groups in total. The number of hydrogen-bond acceptors (Lipinski definition) is 5. The van der Waals surface area contributed by atoms with E-state index in [1.165, 1.54) is 12.2 Å². The van der Waals surface area contributed by atoms with Gasteiger partial charge in [0.05, 0.1) is 0 Å². The molecule has 0 spiro atoms. The van der Waals surface area contributed by atoms with E-state index in [0.29, 0.717) is 11.2 Å². The number of fused-ring (bicyclic) bond motifs is 1. The van der Waals surface area contributed by atoms with E-state index in [1.807, 2.05) is 0 Å². The van der Waals surface area contributed by atoms with Gasteiger partial charge in [-0.05, 0) is 28.9 Å². The van der Waals surface area contributed by atoms with Crippen LogP contribution in [-0.2, 0) is 0 Å². The summed E-state index contributed by atoms with van der Waals surface area (Å²) in [5.41, 5.74) is 1.55. The molecular weight excluding hydrogens is 236 g/mol. The van der Waals surface area contributed by atoms with Crippen LogP contribution in [-0.4, -0.2) is 5.84 Å². The molecule has 0 amide bonds. The normalized spacial score (nSPS) is 11.6. The molecule has 6 nitrogen and oxygen atoms in total. The van der Waals surface area contributed by atoms with Gasteiger partial charge in [-0.3, -0.25) is 5.41 Å². The second kappa shape index (κ2) is 5.05. The van der Waals surface area contributed by atoms with Gasteiger partial charge in [0.25, 0.3) is 0 Å². The molecule has 2 aromatic rings. The van der Waals surface area contributed by atoms with E-state index in [1.54, 1.807) is 30.4 Å². The topological polar surface area (TPSA) is 96.6 Å². The van der Waals surface area contributed by atoms with E-state index in [9.17, 15) is 9.70 Å². The quantitative estimate of drug-likeness (QED) is 0.388. The molecule has 0 aliphatic heterocycles. The summed E-state index contributed by atoms with van der Waals surface area (Å²) in [5.74, 6) is -1.09. The number of hydrogen-bond donors (Lipinski definition) is 1. The summed E-state index contributed by atoms with van der Waals surface area (Å²) in [6.07, 6.45) is 6.14. The summed E-state index contributed by atoms with van der Waals surface area (Å²) in [4.78, 5) is 20.8. The molecule has 0 bridgehead atoms. The van der Waals surface area contributed by atoms with Gasteiger partial charge in [0, 0.05) is 0 Å². The Morgan fingerprint density at radius 2 is 2.00 bits per heavy atom. The maximum absolute atomic E-state index is 10.8. The fraction of sp³-hybridized carbons (Fsp3) is 0. The first-order chi connectivity index (χ1) is 8.69. The van der Waals surface area contributed by atoms with Crippen molar-refractivity contribution in [2.24, 2.45) is 5.18 Å². The molecule has 0 aliphatic rings. The predicted octanol–water partition coefficient (Wildman–Crippen LogP) is 2.70. The average Bonchev–Trinajstić information content (AvgIpc) is 2.73. The Morgan fingerprint density at radius 3 is 2.78 bits per heavy atom. The van der Waals surface area contributed by atoms with Crippen LogP contribution in [0.15, 0.2) is 55.2 Å². The molecule has 0 aliphatic carbocycles. The Morgan fingerprint density at radius 1 is 1.22 bits per heavy atom. The van der Waals surface area contributed by atoms with Crippen molar-refractivity contribution >= 4 is 23.1 Å². The Labute approximate surface area is 101 Å². The monoisotopic (exact) mass is 244 g/mol. The van der Waals surface area contributed by atoms with E-state index in [4.69, 9.17) is 14.2 Å². The second-order valence-corrected chi connectivity index (χ2v) is 3.36. The molecule has 18 heavy (non-hydrogen) atoms. The van der Waals surface area contributed by atoms with Crippen LogP contribution in [0.3, 0.4) is 0 Å². The molecule has 1 aromatic carbocycles. The Hall–Kier alpha value is -2.76. The summed E-state index contributed by atoms with van der Waals surface area (Å²) in [5, 5.41) is 9.40. The number of nitrogens with one attached hydrogen (secondary N) is 1. The summed E-state index contributed by atoms with van der Waals surface area (Å²) in [6, 6.07) is 5.01. The van der Waals surface area contributed by atoms with Crippen molar-refractivity contribution in [1.29, 1.82) is 5.41 Å². The van der Waals surface area contributed by atoms with Crippen LogP contribution in [0.4, 0.5) is 0 Å². The molecule has 0 fully saturated rings. The summed E-state index contributed by atoms with van der Waals surface area (Å²) >= 11 is 0. The lowest BCUT2D eigenvalue weighted by atomic mass is 10.2. The van der Waals surface area contributed by atoms with Crippen LogP contribution in [0.1, 0.15) is 5.56 Å². The van der Waals surface area contributed by atoms with Crippen molar-refractivity contribution < 1.29 is 8.83 Å². The highest BCUT2D eigenvalue weighted by Crippen LogP contribution is 2.15. The van der Waals surface area contributed by atoms with Gasteiger partial charge >= 0.3 is 5.82 Å². The van der Waals surface area contributed by atoms with Gasteiger partial charge in [-0.1, -0.05) is 24.3 Å². The van der Waals surface area contributed by atoms with Crippen molar-refractivity contribution in [3.8, 4) is 0 Å². The first-order valence-corrected chi connectivity index (χ1v) is 4.99. The highest BCUT2D eigenvalue weighted by molar-refractivity contribution is 5.91. The predicted molar refractivity (Wildman–Crippen MR) is 66.4 cm³/mol. The molecule has 0 unspecified atom stereocenters. The van der Waals surface area contributed by atoms with Gasteiger partial charge in [0.2, 0.25) is 0 Å². The molecule has 1 aromatic heterocycles. The summed E-state index contributed by atoms with van der Waals surface area (Å²) in [7, 11) is 0. The zero-order valence-corrected chi connectivity index (χ0v) is 9.12. The third-order valence-electron chi connectivity index (χ3n) is 2.11. The molecule has 6 heteroatoms. The molecule has 0 saturated carbocycles. The minimum atomic E-state index is -0.739. The molecule has 0 radical (unpaired) electrons. The maximum atomic E-state index is 10.8. The Bertz CT molecular complexity index is 706. The van der Waals surface area contributed by atoms with Crippen LogP contribution in [0.25, 0.3) is 17.2 Å². The molecule has 2 rings (SSSR count). The summed E-state index contributed by atoms with van der Waals surface area (Å²) in [6.45, 7) is 0. The van der Waals surface area contributed by atoms with Crippen LogP contribution >= 0.6 is 0 Å². The van der Waals surface area contributed by atoms with Crippen molar-refractivity contribution in [2.45, 2.75) is 0 Å². The average molecular weight is 244 g/mol. The van der Waals surface area contributed by atoms with Gasteiger partial charge in [0.1, 0.15) is 0 Å². The maximum Gasteiger partial charge on any atom is 0.519 e. The number of nitroso groups, excluding NO2 is 1. The van der Waals surface area contributed by atoms with Crippen molar-refractivity contribution in [3.63, 3.8) is 0 Å². The Balaban J connectivity index is 2.19. The van der Waals surface area contributed by atoms with Crippen LogP contribution in [0.5, 0.6) is 0 Å². The van der Waals surface area contributed by atoms with Gasteiger partial charge in [0.15, 0.2) is 17.0 Å². The van der Waals surface area contributed by atoms with E-state index >= 15 is 0 Å². The van der Waals surface area contributed by atoms with E-state index in [2.05, 4.69) is 5.18 Å². The molecular formula is C12H8N2O4. The Kier molecular flexibility index (Phi) is 3.29. The van der Waals surface area contributed by atoms with E-state index in [0.717, 1.165) is 5.56 Å². The van der Waals surface area contributed by atoms with Crippen LogP contribution < -0.4 is 5.82 Å². The standard InChI is InChI=1S/C12H8N2O4/c13-11(14-16)4-2-1-3-8-5-6-9-10(7-8)18-12(15)17-9/h1-7,13H. The zero-order valence-electron chi connectivity index (χ0n) is 9.12. The molecule has 0 saturated heterocycles. The van der Waals surface area contributed by atoms with Gasteiger partial charge in [-0.25, -0.2) is 4.79 Å². The minimum absolute atomic E-state index is 0.351. The van der Waals surface area contributed by atoms with E-state index in [-0.39, 0.29) is 5.84 Å². The van der Waals surface area contributed by atoms with Crippen molar-refractivity contribution in [2.75, 3.05) is 0 Å². The smallest absolute Gasteiger partial charge is 0.391 e. The van der Waals surface area contributed by atoms with Crippen LogP contribution in [0, 0.1) is 10.3 Å². The van der Waals surface area contributed by atoms with Gasteiger partial charge in [-0.15, -0.1) is 4.91 Å². The zero-order chi connectivity index (χ0) is 13.0. The lowest BCUT2D eigenvalue weighted by molar-refractivity contribution is 0.409. The highest BCUT2D eigenvalue weighted by atomic mass is 16.6. The highest BCUT2D eigenvalue weighted by Gasteiger charge is 2.02. The van der Waals surface area contributed by atoms with E-state index < -0.39 is 5.82 Å². The molecule has 0 atom stereocenters. The fourth-order valence-electron chi connectivity index (χ4n) is 1.34. The number of benzene rings is 1. The van der Waals surface area contributed by atoms with Crippen LogP contribution in [0.2, 0.25) is 0 Å². The molecule has 1 heterocycles. The lowest BCUT2D eigenvalue weighted by Crippen LogP contribution is -1.84. The summed E-state index contributed by atoms with van der Waals surface area (Å²) < 4.78 is 9.56. The lowest BCUT2D eigenvalue weighted by Gasteiger charge is -1.90. The SMILES string of the molecule is N=C(C=CC=Cc1ccc2oc(=O)oc2c1)N=O. The first-order valence-electron chi connectivity index (χ1n) is 4.99. The number of nitrogens with zero attached hydrogens (tertiary/aromatic N) is 1. The third kappa shape index (κ3) is 2.67. The second-order valence-electron chi connectivity index (χ2n) is 3.36. The third-order valence-corrected chi connectivity index (χ3v) is 2.11. The number of amidine groups is 1. The van der Waals surface area contributed by atoms with Crippen molar-refractivity contribution in [1.82, 2.24) is 0 Å². The minimum Gasteiger partial charge on any atom is -0.391 e. The number of allylic oxidation sites excluding steroid dienone is 2. The fourth-order valence-corrected chi connectivity index (χ4v) is 1.34. The molecule has 90 valence electrons. The van der Waals surface area contributed by atoms with Gasteiger partial charge in [-0.2, -0.15) is 0 Å². The number of rotatable bonds is 3.